The molecule has 4 heteroatoms. The predicted octanol–water partition coefficient (Wildman–Crippen LogP) is 2.13. The van der Waals surface area contributed by atoms with Crippen LogP contribution in [0.15, 0.2) is 0 Å². The molecule has 118 valence electrons. The summed E-state index contributed by atoms with van der Waals surface area (Å²) in [5.41, 5.74) is 6.37. The van der Waals surface area contributed by atoms with Gasteiger partial charge in [-0.15, -0.1) is 0 Å². The third-order valence-corrected chi connectivity index (χ3v) is 4.73. The lowest BCUT2D eigenvalue weighted by atomic mass is 9.75. The highest BCUT2D eigenvalue weighted by atomic mass is 16.1. The van der Waals surface area contributed by atoms with Crippen molar-refractivity contribution >= 4 is 5.91 Å². The van der Waals surface area contributed by atoms with Gasteiger partial charge in [-0.25, -0.2) is 0 Å². The Morgan fingerprint density at radius 3 is 2.50 bits per heavy atom. The maximum absolute atomic E-state index is 11.9. The molecule has 0 bridgehead atoms. The van der Waals surface area contributed by atoms with E-state index in [0.717, 1.165) is 13.0 Å². The van der Waals surface area contributed by atoms with Crippen LogP contribution in [0.1, 0.15) is 59.3 Å². The van der Waals surface area contributed by atoms with Gasteiger partial charge >= 0.3 is 0 Å². The molecule has 0 saturated heterocycles. The molecule has 0 spiro atoms. The highest BCUT2D eigenvalue weighted by Gasteiger charge is 2.31. The van der Waals surface area contributed by atoms with Crippen LogP contribution in [0, 0.1) is 5.41 Å². The second kappa shape index (κ2) is 7.99. The van der Waals surface area contributed by atoms with Crippen LogP contribution in [0.4, 0.5) is 0 Å². The maximum atomic E-state index is 11.9. The third-order valence-electron chi connectivity index (χ3n) is 4.73. The van der Waals surface area contributed by atoms with E-state index in [2.05, 4.69) is 38.0 Å². The number of nitrogens with two attached hydrogens (primary N) is 1. The molecule has 1 unspecified atom stereocenters. The molecule has 1 amide bonds. The van der Waals surface area contributed by atoms with E-state index >= 15 is 0 Å². The molecule has 1 rings (SSSR count). The van der Waals surface area contributed by atoms with Gasteiger partial charge in [-0.1, -0.05) is 20.8 Å². The van der Waals surface area contributed by atoms with Gasteiger partial charge in [0.05, 0.1) is 0 Å². The molecule has 4 nitrogen and oxygen atoms in total. The zero-order chi connectivity index (χ0) is 15.2. The Balaban J connectivity index is 2.46. The van der Waals surface area contributed by atoms with Crippen molar-refractivity contribution < 1.29 is 4.79 Å². The van der Waals surface area contributed by atoms with Crippen molar-refractivity contribution in [3.05, 3.63) is 0 Å². The summed E-state index contributed by atoms with van der Waals surface area (Å²) in [4.78, 5) is 14.2. The normalized spacial score (nSPS) is 20.9. The Hall–Kier alpha value is -0.610. The fraction of sp³-hybridized carbons (Fsp3) is 0.938. The topological polar surface area (TPSA) is 58.4 Å². The highest BCUT2D eigenvalue weighted by molar-refractivity contribution is 5.76. The summed E-state index contributed by atoms with van der Waals surface area (Å²) in [5.74, 6) is 0.130. The van der Waals surface area contributed by atoms with Crippen molar-refractivity contribution in [3.63, 3.8) is 0 Å². The summed E-state index contributed by atoms with van der Waals surface area (Å²) < 4.78 is 0. The first-order valence-electron chi connectivity index (χ1n) is 8.08. The standard InChI is InChI=1S/C16H33N3O/c1-5-10-18-15(20)11-14(12-17)19(4)13-6-8-16(2,3)9-7-13/h13-14H,5-12,17H2,1-4H3,(H,18,20). The van der Waals surface area contributed by atoms with E-state index < -0.39 is 0 Å². The molecule has 0 aromatic heterocycles. The number of carbonyl (C=O) groups excluding carboxylic acids is 1. The summed E-state index contributed by atoms with van der Waals surface area (Å²) in [6, 6.07) is 0.744. The molecule has 0 heterocycles. The van der Waals surface area contributed by atoms with E-state index in [4.69, 9.17) is 5.73 Å². The van der Waals surface area contributed by atoms with Gasteiger partial charge < -0.3 is 11.1 Å². The van der Waals surface area contributed by atoms with Crippen LogP contribution in [0.25, 0.3) is 0 Å². The highest BCUT2D eigenvalue weighted by Crippen LogP contribution is 2.37. The number of nitrogens with one attached hydrogen (secondary N) is 1. The van der Waals surface area contributed by atoms with Crippen molar-refractivity contribution in [2.24, 2.45) is 11.1 Å². The number of rotatable bonds is 7. The Labute approximate surface area is 124 Å². The summed E-state index contributed by atoms with van der Waals surface area (Å²) >= 11 is 0. The second-order valence-corrected chi connectivity index (χ2v) is 7.00. The lowest BCUT2D eigenvalue weighted by Gasteiger charge is -2.41. The van der Waals surface area contributed by atoms with E-state index in [0.29, 0.717) is 24.4 Å². The molecule has 1 aliphatic carbocycles. The largest absolute Gasteiger partial charge is 0.356 e. The first-order valence-corrected chi connectivity index (χ1v) is 8.08. The Bertz CT molecular complexity index is 294. The number of amides is 1. The molecule has 1 atom stereocenters. The SMILES string of the molecule is CCCNC(=O)CC(CN)N(C)C1CCC(C)(C)CC1. The van der Waals surface area contributed by atoms with Crippen molar-refractivity contribution in [1.82, 2.24) is 10.2 Å². The minimum Gasteiger partial charge on any atom is -0.356 e. The molecule has 1 fully saturated rings. The number of hydrogen-bond acceptors (Lipinski definition) is 3. The second-order valence-electron chi connectivity index (χ2n) is 7.00. The molecule has 0 aliphatic heterocycles. The van der Waals surface area contributed by atoms with Crippen LogP contribution < -0.4 is 11.1 Å². The van der Waals surface area contributed by atoms with Gasteiger partial charge in [0, 0.05) is 31.6 Å². The van der Waals surface area contributed by atoms with Crippen LogP contribution in [-0.4, -0.2) is 43.0 Å². The van der Waals surface area contributed by atoms with Crippen LogP contribution in [-0.2, 0) is 4.79 Å². The van der Waals surface area contributed by atoms with Gasteiger partial charge in [0.25, 0.3) is 0 Å². The van der Waals surface area contributed by atoms with Crippen molar-refractivity contribution in [2.75, 3.05) is 20.1 Å². The smallest absolute Gasteiger partial charge is 0.221 e. The molecule has 0 aromatic rings. The quantitative estimate of drug-likeness (QED) is 0.752. The molecular formula is C16H33N3O. The number of carbonyl (C=O) groups is 1. The fourth-order valence-corrected chi connectivity index (χ4v) is 3.03. The molecule has 0 aromatic carbocycles. The summed E-state index contributed by atoms with van der Waals surface area (Å²) in [5, 5.41) is 2.95. The van der Waals surface area contributed by atoms with Gasteiger partial charge in [0.1, 0.15) is 0 Å². The Kier molecular flexibility index (Phi) is 6.96. The van der Waals surface area contributed by atoms with E-state index in [1.807, 2.05) is 0 Å². The summed E-state index contributed by atoms with van der Waals surface area (Å²) in [7, 11) is 2.13. The average molecular weight is 283 g/mol. The van der Waals surface area contributed by atoms with Crippen molar-refractivity contribution in [2.45, 2.75) is 71.4 Å². The van der Waals surface area contributed by atoms with E-state index in [-0.39, 0.29) is 11.9 Å². The summed E-state index contributed by atoms with van der Waals surface area (Å²) in [6.45, 7) is 8.08. The zero-order valence-electron chi connectivity index (χ0n) is 13.7. The van der Waals surface area contributed by atoms with E-state index in [1.54, 1.807) is 0 Å². The first kappa shape index (κ1) is 17.4. The molecular weight excluding hydrogens is 250 g/mol. The monoisotopic (exact) mass is 283 g/mol. The van der Waals surface area contributed by atoms with Gasteiger partial charge in [0.15, 0.2) is 0 Å². The number of nitrogens with zero attached hydrogens (tertiary/aromatic N) is 1. The van der Waals surface area contributed by atoms with Crippen LogP contribution in [0.2, 0.25) is 0 Å². The number of likely N-dealkylation sites (N-methyl/N-ethyl adjacent to an activating group) is 1. The molecule has 3 N–H and O–H groups in total. The van der Waals surface area contributed by atoms with Crippen LogP contribution in [0.3, 0.4) is 0 Å². The lowest BCUT2D eigenvalue weighted by molar-refractivity contribution is -0.122. The van der Waals surface area contributed by atoms with Crippen LogP contribution in [0.5, 0.6) is 0 Å². The minimum absolute atomic E-state index is 0.130. The Morgan fingerprint density at radius 2 is 2.00 bits per heavy atom. The van der Waals surface area contributed by atoms with E-state index in [1.165, 1.54) is 25.7 Å². The molecule has 1 saturated carbocycles. The first-order chi connectivity index (χ1) is 9.39. The Morgan fingerprint density at radius 1 is 1.40 bits per heavy atom. The lowest BCUT2D eigenvalue weighted by Crippen LogP contribution is -2.48. The van der Waals surface area contributed by atoms with Crippen LogP contribution >= 0.6 is 0 Å². The van der Waals surface area contributed by atoms with Gasteiger partial charge in [-0.3, -0.25) is 9.69 Å². The molecule has 1 aliphatic rings. The average Bonchev–Trinajstić information content (AvgIpc) is 2.41. The predicted molar refractivity (Wildman–Crippen MR) is 84.6 cm³/mol. The van der Waals surface area contributed by atoms with Gasteiger partial charge in [0.2, 0.25) is 5.91 Å². The van der Waals surface area contributed by atoms with Crippen molar-refractivity contribution in [3.8, 4) is 0 Å². The molecule has 20 heavy (non-hydrogen) atoms. The van der Waals surface area contributed by atoms with Gasteiger partial charge in [-0.05, 0) is 44.6 Å². The third kappa shape index (κ3) is 5.41. The minimum atomic E-state index is 0.130. The maximum Gasteiger partial charge on any atom is 0.221 e. The fourth-order valence-electron chi connectivity index (χ4n) is 3.03. The number of hydrogen-bond donors (Lipinski definition) is 2. The van der Waals surface area contributed by atoms with Crippen molar-refractivity contribution in [1.29, 1.82) is 0 Å². The molecule has 0 radical (unpaired) electrons. The zero-order valence-corrected chi connectivity index (χ0v) is 13.7. The van der Waals surface area contributed by atoms with E-state index in [9.17, 15) is 4.79 Å². The van der Waals surface area contributed by atoms with Gasteiger partial charge in [-0.2, -0.15) is 0 Å². The summed E-state index contributed by atoms with van der Waals surface area (Å²) in [6.07, 6.45) is 6.47.